The zero-order valence-electron chi connectivity index (χ0n) is 6.07. The zero-order chi connectivity index (χ0) is 7.28. The molecule has 0 radical (unpaired) electrons. The molecule has 1 N–H and O–H groups in total. The van der Waals surface area contributed by atoms with Crippen molar-refractivity contribution < 1.29 is 0 Å². The lowest BCUT2D eigenvalue weighted by Gasteiger charge is -2.01. The molecule has 0 rings (SSSR count). The quantitative estimate of drug-likeness (QED) is 0.565. The molecule has 9 heavy (non-hydrogen) atoms. The molecule has 0 amide bonds. The Labute approximate surface area is 56.8 Å². The number of likely N-dealkylation sites (N-methyl/N-ethyl adjacent to an activating group) is 1. The Morgan fingerprint density at radius 3 is 2.00 bits per heavy atom. The maximum Gasteiger partial charge on any atom is 0.0361 e. The third-order valence-corrected chi connectivity index (χ3v) is 1.20. The molecule has 0 aliphatic rings. The Morgan fingerprint density at radius 1 is 1.33 bits per heavy atom. The van der Waals surface area contributed by atoms with E-state index in [-0.39, 0.29) is 0 Å². The summed E-state index contributed by atoms with van der Waals surface area (Å²) in [6.07, 6.45) is 3.57. The van der Waals surface area contributed by atoms with Crippen LogP contribution >= 0.6 is 0 Å². The van der Waals surface area contributed by atoms with Crippen LogP contribution in [0.4, 0.5) is 0 Å². The topological polar surface area (TPSA) is 12.0 Å². The molecule has 0 aliphatic heterocycles. The Hall–Kier alpha value is -0.980. The van der Waals surface area contributed by atoms with Gasteiger partial charge in [-0.3, -0.25) is 0 Å². The van der Waals surface area contributed by atoms with Crippen molar-refractivity contribution in [3.05, 3.63) is 36.6 Å². The van der Waals surface area contributed by atoms with E-state index in [1.807, 2.05) is 14.0 Å². The summed E-state index contributed by atoms with van der Waals surface area (Å²) < 4.78 is 0. The molecule has 0 aromatic carbocycles. The first-order valence-corrected chi connectivity index (χ1v) is 2.89. The molecule has 0 saturated carbocycles. The van der Waals surface area contributed by atoms with E-state index in [9.17, 15) is 0 Å². The summed E-state index contributed by atoms with van der Waals surface area (Å²) >= 11 is 0. The second kappa shape index (κ2) is 3.96. The second-order valence-corrected chi connectivity index (χ2v) is 1.75. The normalized spacial score (nSPS) is 11.8. The van der Waals surface area contributed by atoms with Crippen LogP contribution < -0.4 is 5.32 Å². The number of hydrogen-bond acceptors (Lipinski definition) is 1. The molecule has 0 fully saturated rings. The van der Waals surface area contributed by atoms with Crippen molar-refractivity contribution >= 4 is 0 Å². The fraction of sp³-hybridized carbons (Fsp3) is 0.250. The van der Waals surface area contributed by atoms with Crippen LogP contribution in [0, 0.1) is 0 Å². The van der Waals surface area contributed by atoms with E-state index >= 15 is 0 Å². The van der Waals surface area contributed by atoms with Crippen molar-refractivity contribution in [3.8, 4) is 0 Å². The molecule has 50 valence electrons. The van der Waals surface area contributed by atoms with Crippen LogP contribution in [0.2, 0.25) is 0 Å². The van der Waals surface area contributed by atoms with Crippen LogP contribution in [0.25, 0.3) is 0 Å². The SMILES string of the molecule is C=C/C(C)=C(\C=C)NC. The lowest BCUT2D eigenvalue weighted by atomic mass is 10.2. The highest BCUT2D eigenvalue weighted by Gasteiger charge is 1.87. The van der Waals surface area contributed by atoms with Gasteiger partial charge in [0.05, 0.1) is 0 Å². The standard InChI is InChI=1S/C8H13N/c1-5-7(3)8(6-2)9-4/h5-6,9H,1-2H2,3-4H3/b8-7+. The molecule has 1 heteroatoms. The minimum atomic E-state index is 1.03. The summed E-state index contributed by atoms with van der Waals surface area (Å²) in [7, 11) is 1.87. The van der Waals surface area contributed by atoms with Crippen LogP contribution in [0.3, 0.4) is 0 Å². The largest absolute Gasteiger partial charge is 0.388 e. The first-order chi connectivity index (χ1) is 4.26. The summed E-state index contributed by atoms with van der Waals surface area (Å²) in [4.78, 5) is 0. The number of rotatable bonds is 3. The summed E-state index contributed by atoms with van der Waals surface area (Å²) in [5.74, 6) is 0. The fourth-order valence-electron chi connectivity index (χ4n) is 0.570. The third kappa shape index (κ3) is 2.17. The maximum atomic E-state index is 3.63. The van der Waals surface area contributed by atoms with Gasteiger partial charge >= 0.3 is 0 Å². The predicted octanol–water partition coefficient (Wildman–Crippen LogP) is 1.85. The Balaban J connectivity index is 4.36. The predicted molar refractivity (Wildman–Crippen MR) is 42.2 cm³/mol. The molecule has 0 atom stereocenters. The molecule has 0 saturated heterocycles. The highest BCUT2D eigenvalue weighted by molar-refractivity contribution is 5.27. The van der Waals surface area contributed by atoms with E-state index < -0.39 is 0 Å². The van der Waals surface area contributed by atoms with E-state index in [0.717, 1.165) is 11.3 Å². The van der Waals surface area contributed by atoms with Gasteiger partial charge in [0.25, 0.3) is 0 Å². The van der Waals surface area contributed by atoms with Gasteiger partial charge in [-0.05, 0) is 18.6 Å². The van der Waals surface area contributed by atoms with Crippen molar-refractivity contribution in [2.75, 3.05) is 7.05 Å². The van der Waals surface area contributed by atoms with Crippen LogP contribution in [-0.4, -0.2) is 7.05 Å². The van der Waals surface area contributed by atoms with E-state index in [2.05, 4.69) is 18.5 Å². The molecule has 0 bridgehead atoms. The first kappa shape index (κ1) is 8.02. The average Bonchev–Trinajstić information content (AvgIpc) is 1.90. The van der Waals surface area contributed by atoms with Gasteiger partial charge in [-0.1, -0.05) is 19.2 Å². The van der Waals surface area contributed by atoms with Crippen LogP contribution in [0.1, 0.15) is 6.92 Å². The lowest BCUT2D eigenvalue weighted by molar-refractivity contribution is 1.01. The minimum absolute atomic E-state index is 1.03. The van der Waals surface area contributed by atoms with Crippen molar-refractivity contribution in [1.82, 2.24) is 5.32 Å². The first-order valence-electron chi connectivity index (χ1n) is 2.89. The van der Waals surface area contributed by atoms with E-state index in [0.29, 0.717) is 0 Å². The molecule has 1 nitrogen and oxygen atoms in total. The van der Waals surface area contributed by atoms with Crippen LogP contribution in [-0.2, 0) is 0 Å². The summed E-state index contributed by atoms with van der Waals surface area (Å²) in [6.45, 7) is 9.25. The average molecular weight is 123 g/mol. The fourth-order valence-corrected chi connectivity index (χ4v) is 0.570. The van der Waals surface area contributed by atoms with Crippen LogP contribution in [0.15, 0.2) is 36.6 Å². The summed E-state index contributed by atoms with van der Waals surface area (Å²) in [6, 6.07) is 0. The Morgan fingerprint density at radius 2 is 1.89 bits per heavy atom. The van der Waals surface area contributed by atoms with Gasteiger partial charge in [0.1, 0.15) is 0 Å². The van der Waals surface area contributed by atoms with Crippen molar-refractivity contribution in [1.29, 1.82) is 0 Å². The van der Waals surface area contributed by atoms with E-state index in [1.165, 1.54) is 0 Å². The smallest absolute Gasteiger partial charge is 0.0361 e. The molecular weight excluding hydrogens is 110 g/mol. The van der Waals surface area contributed by atoms with Gasteiger partial charge in [0.15, 0.2) is 0 Å². The maximum absolute atomic E-state index is 3.63. The number of nitrogens with one attached hydrogen (secondary N) is 1. The van der Waals surface area contributed by atoms with Crippen molar-refractivity contribution in [2.24, 2.45) is 0 Å². The minimum Gasteiger partial charge on any atom is -0.388 e. The van der Waals surface area contributed by atoms with Crippen LogP contribution in [0.5, 0.6) is 0 Å². The molecule has 0 aromatic rings. The summed E-state index contributed by atoms with van der Waals surface area (Å²) in [5, 5.41) is 2.99. The highest BCUT2D eigenvalue weighted by Crippen LogP contribution is 2.00. The molecule has 0 aliphatic carbocycles. The Kier molecular flexibility index (Phi) is 3.52. The van der Waals surface area contributed by atoms with Gasteiger partial charge < -0.3 is 5.32 Å². The molecule has 0 unspecified atom stereocenters. The van der Waals surface area contributed by atoms with Gasteiger partial charge in [-0.2, -0.15) is 0 Å². The Bertz CT molecular complexity index is 143. The molecule has 0 aromatic heterocycles. The summed E-state index contributed by atoms with van der Waals surface area (Å²) in [5.41, 5.74) is 2.15. The highest BCUT2D eigenvalue weighted by atomic mass is 14.8. The van der Waals surface area contributed by atoms with Crippen molar-refractivity contribution in [3.63, 3.8) is 0 Å². The molecule has 0 spiro atoms. The lowest BCUT2D eigenvalue weighted by Crippen LogP contribution is -2.04. The van der Waals surface area contributed by atoms with E-state index in [1.54, 1.807) is 12.2 Å². The van der Waals surface area contributed by atoms with E-state index in [4.69, 9.17) is 0 Å². The van der Waals surface area contributed by atoms with Gasteiger partial charge in [0.2, 0.25) is 0 Å². The van der Waals surface area contributed by atoms with Gasteiger partial charge in [0, 0.05) is 12.7 Å². The number of hydrogen-bond donors (Lipinski definition) is 1. The monoisotopic (exact) mass is 123 g/mol. The molecular formula is C8H13N. The number of allylic oxidation sites excluding steroid dienone is 3. The second-order valence-electron chi connectivity index (χ2n) is 1.75. The van der Waals surface area contributed by atoms with Crippen molar-refractivity contribution in [2.45, 2.75) is 6.92 Å². The molecule has 0 heterocycles. The van der Waals surface area contributed by atoms with Gasteiger partial charge in [-0.25, -0.2) is 0 Å². The zero-order valence-corrected chi connectivity index (χ0v) is 6.07. The van der Waals surface area contributed by atoms with Gasteiger partial charge in [-0.15, -0.1) is 0 Å². The third-order valence-electron chi connectivity index (χ3n) is 1.20.